The summed E-state index contributed by atoms with van der Waals surface area (Å²) in [5.41, 5.74) is 6.56. The Morgan fingerprint density at radius 1 is 0.780 bits per heavy atom. The minimum atomic E-state index is -0.217. The van der Waals surface area contributed by atoms with Gasteiger partial charge in [-0.05, 0) is 64.7 Å². The van der Waals surface area contributed by atoms with Gasteiger partial charge in [0.2, 0.25) is 5.95 Å². The fourth-order valence-electron chi connectivity index (χ4n) is 5.02. The number of pyridine rings is 1. The molecule has 4 aromatic carbocycles. The Morgan fingerprint density at radius 3 is 2.27 bits per heavy atom. The molecule has 0 aliphatic carbocycles. The van der Waals surface area contributed by atoms with Crippen molar-refractivity contribution in [1.82, 2.24) is 24.7 Å². The van der Waals surface area contributed by atoms with Crippen LogP contribution in [-0.4, -0.2) is 31.8 Å². The molecular weight excluding hydrogens is 512 g/mol. The van der Waals surface area contributed by atoms with Crippen LogP contribution in [0.15, 0.2) is 120 Å². The van der Waals surface area contributed by atoms with E-state index in [4.69, 9.17) is 9.72 Å². The fraction of sp³-hybridized carbons (Fsp3) is 0.0303. The van der Waals surface area contributed by atoms with Crippen LogP contribution in [0.1, 0.15) is 0 Å². The zero-order valence-corrected chi connectivity index (χ0v) is 22.1. The highest BCUT2D eigenvalue weighted by Gasteiger charge is 2.17. The molecule has 7 rings (SSSR count). The summed E-state index contributed by atoms with van der Waals surface area (Å²) in [7, 11) is 1.62. The Labute approximate surface area is 234 Å². The number of hydrogen-bond acceptors (Lipinski definition) is 6. The highest BCUT2D eigenvalue weighted by Crippen LogP contribution is 2.29. The molecular formula is C33H24N6O2. The van der Waals surface area contributed by atoms with Gasteiger partial charge in [-0.1, -0.05) is 60.7 Å². The predicted octanol–water partition coefficient (Wildman–Crippen LogP) is 6.74. The number of aromatic amines is 1. The smallest absolute Gasteiger partial charge is 0.267 e. The van der Waals surface area contributed by atoms with E-state index in [9.17, 15) is 4.79 Å². The van der Waals surface area contributed by atoms with Crippen molar-refractivity contribution in [2.24, 2.45) is 0 Å². The van der Waals surface area contributed by atoms with Crippen LogP contribution in [0.5, 0.6) is 5.75 Å². The number of benzene rings is 4. The Hall–Kier alpha value is -5.76. The molecule has 41 heavy (non-hydrogen) atoms. The standard InChI is InChI=1S/C33H24N6O2/c1-41-27-15-13-25(14-16-27)36-33-34-19-28-30-29(20-35-38-30)32(40)39(31(28)37-33)26-12-6-11-24(18-26)23-10-5-9-22(17-23)21-7-3-2-4-8-21/h2-20H,1H3,(H,35,38)(H,34,36,37). The molecule has 0 fully saturated rings. The van der Waals surface area contributed by atoms with E-state index in [1.165, 1.54) is 0 Å². The second-order valence-electron chi connectivity index (χ2n) is 9.57. The van der Waals surface area contributed by atoms with Crippen molar-refractivity contribution in [1.29, 1.82) is 0 Å². The van der Waals surface area contributed by atoms with Crippen molar-refractivity contribution in [3.8, 4) is 33.7 Å². The van der Waals surface area contributed by atoms with Crippen molar-refractivity contribution < 1.29 is 4.74 Å². The molecule has 2 N–H and O–H groups in total. The maximum absolute atomic E-state index is 13.8. The lowest BCUT2D eigenvalue weighted by molar-refractivity contribution is 0.415. The number of fused-ring (bicyclic) bond motifs is 3. The summed E-state index contributed by atoms with van der Waals surface area (Å²) in [5, 5.41) is 11.5. The molecule has 0 saturated carbocycles. The summed E-state index contributed by atoms with van der Waals surface area (Å²) in [4.78, 5) is 23.2. The molecule has 7 aromatic rings. The zero-order chi connectivity index (χ0) is 27.8. The van der Waals surface area contributed by atoms with Crippen molar-refractivity contribution in [3.05, 3.63) is 126 Å². The van der Waals surface area contributed by atoms with Crippen LogP contribution < -0.4 is 15.6 Å². The van der Waals surface area contributed by atoms with Crippen LogP contribution in [0.2, 0.25) is 0 Å². The molecule has 0 bridgehead atoms. The highest BCUT2D eigenvalue weighted by atomic mass is 16.5. The molecule has 8 heteroatoms. The summed E-state index contributed by atoms with van der Waals surface area (Å²) in [6, 6.07) is 34.0. The lowest BCUT2D eigenvalue weighted by Crippen LogP contribution is -2.20. The van der Waals surface area contributed by atoms with Crippen molar-refractivity contribution in [2.75, 3.05) is 12.4 Å². The second-order valence-corrected chi connectivity index (χ2v) is 9.57. The first-order valence-electron chi connectivity index (χ1n) is 13.1. The normalized spacial score (nSPS) is 11.1. The van der Waals surface area contributed by atoms with Gasteiger partial charge < -0.3 is 10.1 Å². The van der Waals surface area contributed by atoms with Gasteiger partial charge in [-0.2, -0.15) is 10.1 Å². The SMILES string of the molecule is COc1ccc(Nc2ncc3c4n[nH]cc4c(=O)n(-c4cccc(-c5cccc(-c6ccccc6)c5)c4)c3n2)cc1. The number of hydrogen-bond donors (Lipinski definition) is 2. The number of ether oxygens (including phenoxy) is 1. The van der Waals surface area contributed by atoms with E-state index in [1.807, 2.05) is 72.8 Å². The summed E-state index contributed by atoms with van der Waals surface area (Å²) in [6.45, 7) is 0. The summed E-state index contributed by atoms with van der Waals surface area (Å²) in [5.74, 6) is 1.11. The topological polar surface area (TPSA) is 97.7 Å². The lowest BCUT2D eigenvalue weighted by Gasteiger charge is -2.13. The Kier molecular flexibility index (Phi) is 5.98. The number of H-pyrrole nitrogens is 1. The van der Waals surface area contributed by atoms with Crippen LogP contribution >= 0.6 is 0 Å². The van der Waals surface area contributed by atoms with E-state index in [1.54, 1.807) is 24.1 Å². The number of anilines is 2. The van der Waals surface area contributed by atoms with E-state index >= 15 is 0 Å². The van der Waals surface area contributed by atoms with Crippen LogP contribution in [0.4, 0.5) is 11.6 Å². The van der Waals surface area contributed by atoms with Gasteiger partial charge in [-0.15, -0.1) is 0 Å². The molecule has 198 valence electrons. The third kappa shape index (κ3) is 4.47. The average Bonchev–Trinajstić information content (AvgIpc) is 3.53. The molecule has 3 heterocycles. The van der Waals surface area contributed by atoms with E-state index in [-0.39, 0.29) is 5.56 Å². The first kappa shape index (κ1) is 24.3. The largest absolute Gasteiger partial charge is 0.497 e. The summed E-state index contributed by atoms with van der Waals surface area (Å²) in [6.07, 6.45) is 3.31. The Balaban J connectivity index is 1.36. The van der Waals surface area contributed by atoms with Crippen LogP contribution in [-0.2, 0) is 0 Å². The molecule has 0 radical (unpaired) electrons. The number of aromatic nitrogens is 5. The monoisotopic (exact) mass is 536 g/mol. The molecule has 0 aliphatic heterocycles. The minimum Gasteiger partial charge on any atom is -0.497 e. The van der Waals surface area contributed by atoms with E-state index in [0.29, 0.717) is 33.6 Å². The second kappa shape index (κ2) is 10.1. The maximum atomic E-state index is 13.8. The molecule has 3 aromatic heterocycles. The van der Waals surface area contributed by atoms with Crippen molar-refractivity contribution in [3.63, 3.8) is 0 Å². The molecule has 0 aliphatic rings. The van der Waals surface area contributed by atoms with E-state index in [0.717, 1.165) is 33.7 Å². The van der Waals surface area contributed by atoms with Crippen molar-refractivity contribution >= 4 is 33.6 Å². The zero-order valence-electron chi connectivity index (χ0n) is 22.1. The molecule has 0 amide bonds. The predicted molar refractivity (Wildman–Crippen MR) is 162 cm³/mol. The van der Waals surface area contributed by atoms with Gasteiger partial charge in [-0.25, -0.2) is 4.98 Å². The number of methoxy groups -OCH3 is 1. The minimum absolute atomic E-state index is 0.217. The maximum Gasteiger partial charge on any atom is 0.267 e. The molecule has 0 unspecified atom stereocenters. The molecule has 8 nitrogen and oxygen atoms in total. The third-order valence-corrected chi connectivity index (χ3v) is 7.06. The van der Waals surface area contributed by atoms with Crippen molar-refractivity contribution in [2.45, 2.75) is 0 Å². The highest BCUT2D eigenvalue weighted by molar-refractivity contribution is 6.02. The molecule has 0 spiro atoms. The fourth-order valence-corrected chi connectivity index (χ4v) is 5.02. The van der Waals surface area contributed by atoms with Gasteiger partial charge in [0.05, 0.1) is 23.6 Å². The van der Waals surface area contributed by atoms with Crippen LogP contribution in [0.25, 0.3) is 49.9 Å². The average molecular weight is 537 g/mol. The number of rotatable bonds is 6. The first-order chi connectivity index (χ1) is 20.2. The van der Waals surface area contributed by atoms with Gasteiger partial charge in [0.25, 0.3) is 5.56 Å². The number of nitrogens with zero attached hydrogens (tertiary/aromatic N) is 4. The van der Waals surface area contributed by atoms with Crippen LogP contribution in [0.3, 0.4) is 0 Å². The number of nitrogens with one attached hydrogen (secondary N) is 2. The van der Waals surface area contributed by atoms with E-state index < -0.39 is 0 Å². The Bertz CT molecular complexity index is 2080. The first-order valence-corrected chi connectivity index (χ1v) is 13.1. The quantitative estimate of drug-likeness (QED) is 0.244. The summed E-state index contributed by atoms with van der Waals surface area (Å²) >= 11 is 0. The molecule has 0 saturated heterocycles. The molecule has 0 atom stereocenters. The van der Waals surface area contributed by atoms with Crippen LogP contribution in [0, 0.1) is 0 Å². The Morgan fingerprint density at radius 2 is 1.49 bits per heavy atom. The van der Waals surface area contributed by atoms with Gasteiger partial charge in [0, 0.05) is 18.1 Å². The van der Waals surface area contributed by atoms with Gasteiger partial charge in [0.1, 0.15) is 11.3 Å². The van der Waals surface area contributed by atoms with Gasteiger partial charge >= 0.3 is 0 Å². The third-order valence-electron chi connectivity index (χ3n) is 7.06. The lowest BCUT2D eigenvalue weighted by atomic mass is 9.99. The van der Waals surface area contributed by atoms with Gasteiger partial charge in [0.15, 0.2) is 5.65 Å². The summed E-state index contributed by atoms with van der Waals surface area (Å²) < 4.78 is 6.88. The van der Waals surface area contributed by atoms with Gasteiger partial charge in [-0.3, -0.25) is 14.5 Å². The van der Waals surface area contributed by atoms with E-state index in [2.05, 4.69) is 50.8 Å².